The summed E-state index contributed by atoms with van der Waals surface area (Å²) in [5.74, 6) is 1.47. The van der Waals surface area contributed by atoms with Gasteiger partial charge in [0, 0.05) is 25.5 Å². The van der Waals surface area contributed by atoms with Gasteiger partial charge in [-0.1, -0.05) is 24.3 Å². The maximum absolute atomic E-state index is 12.5. The number of rotatable bonds is 6. The van der Waals surface area contributed by atoms with E-state index >= 15 is 0 Å². The van der Waals surface area contributed by atoms with Crippen LogP contribution < -0.4 is 15.4 Å². The first kappa shape index (κ1) is 21.8. The Morgan fingerprint density at radius 3 is 2.07 bits per heavy atom. The van der Waals surface area contributed by atoms with Crippen LogP contribution in [0.25, 0.3) is 0 Å². The molecule has 0 spiro atoms. The quantitative estimate of drug-likeness (QED) is 0.533. The summed E-state index contributed by atoms with van der Waals surface area (Å²) >= 11 is 5.36. The number of benzene rings is 3. The highest BCUT2D eigenvalue weighted by Gasteiger charge is 2.20. The van der Waals surface area contributed by atoms with Gasteiger partial charge in [0.15, 0.2) is 5.11 Å². The van der Waals surface area contributed by atoms with Gasteiger partial charge >= 0.3 is 0 Å². The molecule has 0 saturated carbocycles. The van der Waals surface area contributed by atoms with Crippen LogP contribution in [-0.2, 0) is 10.0 Å². The van der Waals surface area contributed by atoms with E-state index in [-0.39, 0.29) is 4.90 Å². The van der Waals surface area contributed by atoms with Crippen molar-refractivity contribution in [3.8, 4) is 11.5 Å². The molecule has 0 saturated heterocycles. The molecule has 0 aliphatic heterocycles. The lowest BCUT2D eigenvalue weighted by Gasteiger charge is -2.16. The number of nitrogens with zero attached hydrogens (tertiary/aromatic N) is 1. The highest BCUT2D eigenvalue weighted by atomic mass is 32.2. The summed E-state index contributed by atoms with van der Waals surface area (Å²) < 4.78 is 31.9. The fourth-order valence-electron chi connectivity index (χ4n) is 2.68. The van der Waals surface area contributed by atoms with Gasteiger partial charge in [0.1, 0.15) is 11.5 Å². The highest BCUT2D eigenvalue weighted by Crippen LogP contribution is 2.24. The largest absolute Gasteiger partial charge is 0.457 e. The van der Waals surface area contributed by atoms with Gasteiger partial charge < -0.3 is 15.4 Å². The van der Waals surface area contributed by atoms with E-state index < -0.39 is 10.0 Å². The smallest absolute Gasteiger partial charge is 0.242 e. The second-order valence-corrected chi connectivity index (χ2v) is 9.31. The summed E-state index contributed by atoms with van der Waals surface area (Å²) in [6.07, 6.45) is 0. The number of thiocarbonyl (C=S) groups is 1. The highest BCUT2D eigenvalue weighted by molar-refractivity contribution is 7.89. The zero-order valence-corrected chi connectivity index (χ0v) is 18.5. The Hall–Kier alpha value is -2.94. The van der Waals surface area contributed by atoms with Gasteiger partial charge in [-0.3, -0.25) is 0 Å². The van der Waals surface area contributed by atoms with Crippen molar-refractivity contribution in [2.45, 2.75) is 11.8 Å². The number of anilines is 2. The van der Waals surface area contributed by atoms with Crippen molar-refractivity contribution in [1.29, 1.82) is 0 Å². The molecule has 0 heterocycles. The van der Waals surface area contributed by atoms with Gasteiger partial charge in [-0.25, -0.2) is 12.7 Å². The van der Waals surface area contributed by atoms with Gasteiger partial charge in [0.25, 0.3) is 0 Å². The standard InChI is InChI=1S/C22H23N3O3S2/c1-16-9-10-18(15-21(16)30(26,27)25(2)3)24-22(29)23-17-11-13-20(14-12-17)28-19-7-5-4-6-8-19/h4-15H,1-3H3,(H2,23,24,29). The molecule has 30 heavy (non-hydrogen) atoms. The number of para-hydroxylation sites is 1. The predicted molar refractivity (Wildman–Crippen MR) is 125 cm³/mol. The molecule has 3 rings (SSSR count). The number of sulfonamides is 1. The van der Waals surface area contributed by atoms with Crippen molar-refractivity contribution in [3.63, 3.8) is 0 Å². The topological polar surface area (TPSA) is 70.7 Å². The van der Waals surface area contributed by atoms with Gasteiger partial charge in [-0.15, -0.1) is 0 Å². The van der Waals surface area contributed by atoms with Crippen LogP contribution in [0.5, 0.6) is 11.5 Å². The van der Waals surface area contributed by atoms with Crippen molar-refractivity contribution in [2.75, 3.05) is 24.7 Å². The minimum absolute atomic E-state index is 0.239. The summed E-state index contributed by atoms with van der Waals surface area (Å²) in [5, 5.41) is 6.46. The average molecular weight is 442 g/mol. The molecule has 3 aromatic rings. The summed E-state index contributed by atoms with van der Waals surface area (Å²) in [6, 6.07) is 22.0. The van der Waals surface area contributed by atoms with Crippen LogP contribution in [-0.4, -0.2) is 31.9 Å². The van der Waals surface area contributed by atoms with E-state index in [0.29, 0.717) is 22.1 Å². The SMILES string of the molecule is Cc1ccc(NC(=S)Nc2ccc(Oc3ccccc3)cc2)cc1S(=O)(=O)N(C)C. The molecule has 0 aliphatic carbocycles. The maximum atomic E-state index is 12.5. The third kappa shape index (κ3) is 5.35. The van der Waals surface area contributed by atoms with Crippen LogP contribution >= 0.6 is 12.2 Å². The number of ether oxygens (including phenoxy) is 1. The molecule has 156 valence electrons. The molecule has 8 heteroatoms. The van der Waals surface area contributed by atoms with E-state index in [2.05, 4.69) is 10.6 Å². The third-order valence-electron chi connectivity index (χ3n) is 4.30. The molecule has 0 aromatic heterocycles. The minimum Gasteiger partial charge on any atom is -0.457 e. The van der Waals surface area contributed by atoms with E-state index in [1.807, 2.05) is 54.6 Å². The molecule has 6 nitrogen and oxygen atoms in total. The first-order chi connectivity index (χ1) is 14.3. The van der Waals surface area contributed by atoms with Crippen LogP contribution in [0.4, 0.5) is 11.4 Å². The second-order valence-electron chi connectivity index (χ2n) is 6.79. The molecule has 3 aromatic carbocycles. The lowest BCUT2D eigenvalue weighted by atomic mass is 10.2. The van der Waals surface area contributed by atoms with E-state index in [0.717, 1.165) is 11.4 Å². The van der Waals surface area contributed by atoms with Crippen molar-refractivity contribution in [3.05, 3.63) is 78.4 Å². The molecular weight excluding hydrogens is 418 g/mol. The summed E-state index contributed by atoms with van der Waals surface area (Å²) in [4.78, 5) is 0.239. The second kappa shape index (κ2) is 9.25. The molecule has 0 unspecified atom stereocenters. The summed E-state index contributed by atoms with van der Waals surface area (Å²) in [7, 11) is -0.527. The Bertz CT molecular complexity index is 1130. The maximum Gasteiger partial charge on any atom is 0.242 e. The fourth-order valence-corrected chi connectivity index (χ4v) is 4.06. The van der Waals surface area contributed by atoms with E-state index in [1.54, 1.807) is 25.1 Å². The van der Waals surface area contributed by atoms with E-state index in [9.17, 15) is 8.42 Å². The van der Waals surface area contributed by atoms with Crippen LogP contribution in [0.1, 0.15) is 5.56 Å². The Labute approximate surface area is 182 Å². The molecule has 2 N–H and O–H groups in total. The molecule has 0 atom stereocenters. The Morgan fingerprint density at radius 1 is 0.867 bits per heavy atom. The monoisotopic (exact) mass is 441 g/mol. The van der Waals surface area contributed by atoms with Crippen LogP contribution in [0.15, 0.2) is 77.7 Å². The molecule has 0 amide bonds. The molecular formula is C22H23N3O3S2. The van der Waals surface area contributed by atoms with Crippen molar-refractivity contribution >= 4 is 38.7 Å². The number of aryl methyl sites for hydroxylation is 1. The minimum atomic E-state index is -3.54. The van der Waals surface area contributed by atoms with Crippen molar-refractivity contribution < 1.29 is 13.2 Å². The molecule has 0 bridgehead atoms. The van der Waals surface area contributed by atoms with Gasteiger partial charge in [0.05, 0.1) is 4.90 Å². The molecule has 0 fully saturated rings. The van der Waals surface area contributed by atoms with Crippen LogP contribution in [0.3, 0.4) is 0 Å². The Morgan fingerprint density at radius 2 is 1.43 bits per heavy atom. The first-order valence-electron chi connectivity index (χ1n) is 9.20. The normalized spacial score (nSPS) is 11.2. The average Bonchev–Trinajstić information content (AvgIpc) is 2.71. The van der Waals surface area contributed by atoms with Gasteiger partial charge in [0.2, 0.25) is 10.0 Å². The third-order valence-corrected chi connectivity index (χ3v) is 6.46. The number of hydrogen-bond donors (Lipinski definition) is 2. The summed E-state index contributed by atoms with van der Waals surface area (Å²) in [5.41, 5.74) is 2.03. The lowest BCUT2D eigenvalue weighted by Crippen LogP contribution is -2.24. The summed E-state index contributed by atoms with van der Waals surface area (Å²) in [6.45, 7) is 1.76. The van der Waals surface area contributed by atoms with Crippen molar-refractivity contribution in [1.82, 2.24) is 4.31 Å². The van der Waals surface area contributed by atoms with Crippen LogP contribution in [0, 0.1) is 6.92 Å². The van der Waals surface area contributed by atoms with Gasteiger partial charge in [-0.2, -0.15) is 0 Å². The fraction of sp³-hybridized carbons (Fsp3) is 0.136. The number of hydrogen-bond acceptors (Lipinski definition) is 4. The van der Waals surface area contributed by atoms with E-state index in [1.165, 1.54) is 18.4 Å². The van der Waals surface area contributed by atoms with Crippen LogP contribution in [0.2, 0.25) is 0 Å². The number of nitrogens with one attached hydrogen (secondary N) is 2. The molecule has 0 radical (unpaired) electrons. The van der Waals surface area contributed by atoms with Crippen molar-refractivity contribution in [2.24, 2.45) is 0 Å². The Kier molecular flexibility index (Phi) is 6.71. The van der Waals surface area contributed by atoms with E-state index in [4.69, 9.17) is 17.0 Å². The lowest BCUT2D eigenvalue weighted by molar-refractivity contribution is 0.483. The van der Waals surface area contributed by atoms with Gasteiger partial charge in [-0.05, 0) is 73.2 Å². The first-order valence-corrected chi connectivity index (χ1v) is 11.0. The predicted octanol–water partition coefficient (Wildman–Crippen LogP) is 4.85. The zero-order valence-electron chi connectivity index (χ0n) is 16.9. The Balaban J connectivity index is 1.66. The zero-order chi connectivity index (χ0) is 21.7. The molecule has 0 aliphatic rings.